The second-order valence-electron chi connectivity index (χ2n) is 14.6. The Hall–Kier alpha value is -0.770. The second-order valence-corrected chi connectivity index (χ2v) is 14.6. The van der Waals surface area contributed by atoms with Crippen LogP contribution >= 0.6 is 0 Å². The summed E-state index contributed by atoms with van der Waals surface area (Å²) in [7, 11) is 0. The van der Waals surface area contributed by atoms with Crippen molar-refractivity contribution in [3.8, 4) is 0 Å². The highest BCUT2D eigenvalue weighted by Gasteiger charge is 2.38. The van der Waals surface area contributed by atoms with E-state index in [1.54, 1.807) is 0 Å². The van der Waals surface area contributed by atoms with Gasteiger partial charge in [-0.2, -0.15) is 0 Å². The number of aliphatic hydroxyl groups is 5. The quantitative estimate of drug-likeness (QED) is 0.0404. The van der Waals surface area contributed by atoms with Crippen molar-refractivity contribution in [2.45, 2.75) is 236 Å². The Kier molecular flexibility index (Phi) is 28.3. The SMILES string of the molecule is CCCCCCCCCCCCCCCCCCCCCCCCCC(=O)NC(COC1CCC(O)C(O)C1O)C(O)CC(O)CC. The number of unbranched alkanes of at least 4 members (excludes halogenated alkanes) is 22. The standard InChI is InChI=1S/C39H77NO7/c1-3-5-6-7-8-9-10-11-12-13-14-15-16-17-18-19-20-21-22-23-24-25-26-27-37(44)40-33(35(43)30-32(41)4-2)31-47-36-29-28-34(42)38(45)39(36)46/h32-36,38-39,41-43,45-46H,3-31H2,1-2H3,(H,40,44). The molecule has 8 nitrogen and oxygen atoms in total. The summed E-state index contributed by atoms with van der Waals surface area (Å²) >= 11 is 0. The molecule has 1 saturated carbocycles. The summed E-state index contributed by atoms with van der Waals surface area (Å²) in [4.78, 5) is 12.7. The second kappa shape index (κ2) is 30.1. The topological polar surface area (TPSA) is 139 Å². The molecule has 1 aliphatic rings. The lowest BCUT2D eigenvalue weighted by Gasteiger charge is -2.36. The van der Waals surface area contributed by atoms with E-state index in [0.29, 0.717) is 25.7 Å². The monoisotopic (exact) mass is 672 g/mol. The third-order valence-corrected chi connectivity index (χ3v) is 10.2. The largest absolute Gasteiger partial charge is 0.393 e. The maximum absolute atomic E-state index is 12.7. The van der Waals surface area contributed by atoms with Crippen LogP contribution in [0.4, 0.5) is 0 Å². The van der Waals surface area contributed by atoms with Crippen LogP contribution in [0, 0.1) is 0 Å². The van der Waals surface area contributed by atoms with E-state index in [9.17, 15) is 30.3 Å². The van der Waals surface area contributed by atoms with Gasteiger partial charge in [-0.05, 0) is 25.7 Å². The van der Waals surface area contributed by atoms with Gasteiger partial charge in [0.25, 0.3) is 0 Å². The molecule has 1 amide bonds. The number of ether oxygens (including phenoxy) is 1. The van der Waals surface area contributed by atoms with E-state index < -0.39 is 42.7 Å². The molecule has 0 radical (unpaired) electrons. The van der Waals surface area contributed by atoms with Gasteiger partial charge in [-0.25, -0.2) is 0 Å². The van der Waals surface area contributed by atoms with Gasteiger partial charge < -0.3 is 35.6 Å². The van der Waals surface area contributed by atoms with Crippen LogP contribution < -0.4 is 5.32 Å². The first-order valence-corrected chi connectivity index (χ1v) is 20.1. The fourth-order valence-electron chi connectivity index (χ4n) is 6.74. The molecule has 0 aromatic rings. The van der Waals surface area contributed by atoms with E-state index in [1.807, 2.05) is 6.92 Å². The Morgan fingerprint density at radius 2 is 1.06 bits per heavy atom. The average Bonchev–Trinajstić information content (AvgIpc) is 3.06. The molecule has 0 spiro atoms. The molecule has 0 bridgehead atoms. The zero-order valence-electron chi connectivity index (χ0n) is 30.6. The maximum Gasteiger partial charge on any atom is 0.220 e. The normalized spacial score (nSPS) is 21.9. The molecule has 0 heterocycles. The van der Waals surface area contributed by atoms with E-state index in [4.69, 9.17) is 4.74 Å². The maximum atomic E-state index is 12.7. The number of rotatable bonds is 32. The van der Waals surface area contributed by atoms with Crippen LogP contribution in [-0.4, -0.2) is 80.7 Å². The van der Waals surface area contributed by atoms with Gasteiger partial charge in [-0.3, -0.25) is 4.79 Å². The number of nitrogens with one attached hydrogen (secondary N) is 1. The lowest BCUT2D eigenvalue weighted by molar-refractivity contribution is -0.158. The molecule has 1 fully saturated rings. The summed E-state index contributed by atoms with van der Waals surface area (Å²) in [5.41, 5.74) is 0. The summed E-state index contributed by atoms with van der Waals surface area (Å²) in [5, 5.41) is 53.5. The predicted molar refractivity (Wildman–Crippen MR) is 192 cm³/mol. The molecule has 280 valence electrons. The molecule has 0 saturated heterocycles. The Bertz CT molecular complexity index is 711. The van der Waals surface area contributed by atoms with E-state index in [-0.39, 0.29) is 18.9 Å². The lowest BCUT2D eigenvalue weighted by Crippen LogP contribution is -2.53. The zero-order chi connectivity index (χ0) is 34.5. The predicted octanol–water partition coefficient (Wildman–Crippen LogP) is 7.64. The number of hydrogen-bond donors (Lipinski definition) is 6. The van der Waals surface area contributed by atoms with Crippen LogP contribution in [0.25, 0.3) is 0 Å². The highest BCUT2D eigenvalue weighted by Crippen LogP contribution is 2.23. The van der Waals surface area contributed by atoms with Gasteiger partial charge in [0.15, 0.2) is 0 Å². The Morgan fingerprint density at radius 3 is 1.49 bits per heavy atom. The van der Waals surface area contributed by atoms with E-state index >= 15 is 0 Å². The molecular formula is C39H77NO7. The molecule has 0 aromatic carbocycles. The molecule has 47 heavy (non-hydrogen) atoms. The Balaban J connectivity index is 2.02. The van der Waals surface area contributed by atoms with Crippen LogP contribution in [0.15, 0.2) is 0 Å². The minimum atomic E-state index is -1.28. The molecule has 1 rings (SSSR count). The van der Waals surface area contributed by atoms with Gasteiger partial charge >= 0.3 is 0 Å². The minimum Gasteiger partial charge on any atom is -0.393 e. The van der Waals surface area contributed by atoms with Crippen molar-refractivity contribution in [1.82, 2.24) is 5.32 Å². The number of carbonyl (C=O) groups is 1. The van der Waals surface area contributed by atoms with Gasteiger partial charge in [0.05, 0.1) is 37.1 Å². The van der Waals surface area contributed by atoms with Crippen LogP contribution in [0.5, 0.6) is 0 Å². The molecule has 8 heteroatoms. The first-order chi connectivity index (χ1) is 22.8. The first kappa shape index (κ1) is 44.3. The summed E-state index contributed by atoms with van der Waals surface area (Å²) in [6.45, 7) is 4.06. The van der Waals surface area contributed by atoms with Gasteiger partial charge in [-0.1, -0.05) is 155 Å². The Morgan fingerprint density at radius 1 is 0.638 bits per heavy atom. The fraction of sp³-hybridized carbons (Fsp3) is 0.974. The van der Waals surface area contributed by atoms with Crippen molar-refractivity contribution in [1.29, 1.82) is 0 Å². The van der Waals surface area contributed by atoms with Crippen LogP contribution in [0.2, 0.25) is 0 Å². The molecule has 0 aromatic heterocycles. The first-order valence-electron chi connectivity index (χ1n) is 20.1. The molecular weight excluding hydrogens is 594 g/mol. The van der Waals surface area contributed by atoms with Crippen molar-refractivity contribution in [3.05, 3.63) is 0 Å². The van der Waals surface area contributed by atoms with Crippen molar-refractivity contribution in [3.63, 3.8) is 0 Å². The number of amides is 1. The van der Waals surface area contributed by atoms with Crippen molar-refractivity contribution in [2.75, 3.05) is 6.61 Å². The highest BCUT2D eigenvalue weighted by atomic mass is 16.5. The number of hydrogen-bond acceptors (Lipinski definition) is 7. The molecule has 1 aliphatic carbocycles. The van der Waals surface area contributed by atoms with Crippen molar-refractivity contribution in [2.24, 2.45) is 0 Å². The summed E-state index contributed by atoms with van der Waals surface area (Å²) in [6, 6.07) is -0.732. The van der Waals surface area contributed by atoms with E-state index in [0.717, 1.165) is 19.3 Å². The van der Waals surface area contributed by atoms with Gasteiger partial charge in [0, 0.05) is 12.8 Å². The number of carbonyl (C=O) groups excluding carboxylic acids is 1. The van der Waals surface area contributed by atoms with Crippen LogP contribution in [0.1, 0.15) is 194 Å². The summed E-state index contributed by atoms with van der Waals surface area (Å²) in [6.07, 6.45) is 26.3. The number of aliphatic hydroxyl groups excluding tert-OH is 5. The average molecular weight is 672 g/mol. The molecule has 6 N–H and O–H groups in total. The van der Waals surface area contributed by atoms with Gasteiger partial charge in [0.1, 0.15) is 12.2 Å². The van der Waals surface area contributed by atoms with E-state index in [2.05, 4.69) is 12.2 Å². The van der Waals surface area contributed by atoms with Crippen LogP contribution in [0.3, 0.4) is 0 Å². The minimum absolute atomic E-state index is 0.0483. The third kappa shape index (κ3) is 23.3. The van der Waals surface area contributed by atoms with Gasteiger partial charge in [-0.15, -0.1) is 0 Å². The summed E-state index contributed by atoms with van der Waals surface area (Å²) < 4.78 is 5.79. The van der Waals surface area contributed by atoms with Crippen LogP contribution in [-0.2, 0) is 9.53 Å². The van der Waals surface area contributed by atoms with Crippen molar-refractivity contribution >= 4 is 5.91 Å². The zero-order valence-corrected chi connectivity index (χ0v) is 30.6. The smallest absolute Gasteiger partial charge is 0.220 e. The van der Waals surface area contributed by atoms with E-state index in [1.165, 1.54) is 128 Å². The molecule has 0 aliphatic heterocycles. The van der Waals surface area contributed by atoms with Crippen molar-refractivity contribution < 1.29 is 35.1 Å². The lowest BCUT2D eigenvalue weighted by atomic mass is 9.89. The summed E-state index contributed by atoms with van der Waals surface area (Å²) in [5.74, 6) is -0.160. The Labute approximate surface area is 288 Å². The highest BCUT2D eigenvalue weighted by molar-refractivity contribution is 5.76. The van der Waals surface area contributed by atoms with Gasteiger partial charge in [0.2, 0.25) is 5.91 Å². The fourth-order valence-corrected chi connectivity index (χ4v) is 6.74. The molecule has 7 atom stereocenters. The molecule has 7 unspecified atom stereocenters. The third-order valence-electron chi connectivity index (χ3n) is 10.2.